The highest BCUT2D eigenvalue weighted by Gasteiger charge is 2.34. The van der Waals surface area contributed by atoms with E-state index in [0.717, 1.165) is 12.1 Å². The first kappa shape index (κ1) is 19.1. The molecule has 1 N–H and O–H groups in total. The lowest BCUT2D eigenvalue weighted by molar-refractivity contribution is -0.137. The molecule has 140 valence electrons. The average Bonchev–Trinajstić information content (AvgIpc) is 2.61. The molecule has 0 bridgehead atoms. The monoisotopic (exact) mass is 414 g/mol. The zero-order chi connectivity index (χ0) is 19.7. The van der Waals surface area contributed by atoms with Gasteiger partial charge in [-0.3, -0.25) is 0 Å². The Morgan fingerprint density at radius 1 is 1.04 bits per heavy atom. The smallest absolute Gasteiger partial charge is 0.246 e. The first-order valence-corrected chi connectivity index (χ1v) is 9.18. The normalized spacial score (nSPS) is 12.0. The van der Waals surface area contributed by atoms with E-state index in [4.69, 9.17) is 11.6 Å². The molecule has 0 aliphatic heterocycles. The summed E-state index contributed by atoms with van der Waals surface area (Å²) in [5.41, 5.74) is -0.252. The van der Waals surface area contributed by atoms with Gasteiger partial charge in [0, 0.05) is 5.56 Å². The zero-order valence-electron chi connectivity index (χ0n) is 13.3. The number of alkyl halides is 3. The van der Waals surface area contributed by atoms with E-state index < -0.39 is 31.7 Å². The molecule has 0 aliphatic rings. The third-order valence-electron chi connectivity index (χ3n) is 3.41. The van der Waals surface area contributed by atoms with Gasteiger partial charge in [0.05, 0.1) is 27.4 Å². The van der Waals surface area contributed by atoms with E-state index in [-0.39, 0.29) is 5.95 Å². The van der Waals surface area contributed by atoms with Crippen LogP contribution in [0.5, 0.6) is 0 Å². The van der Waals surface area contributed by atoms with Crippen LogP contribution in [0.4, 0.5) is 19.1 Å². The predicted molar refractivity (Wildman–Crippen MR) is 92.5 cm³/mol. The second-order valence-corrected chi connectivity index (χ2v) is 7.37. The second-order valence-electron chi connectivity index (χ2n) is 5.28. The van der Waals surface area contributed by atoms with Crippen LogP contribution in [-0.2, 0) is 16.2 Å². The molecule has 0 radical (unpaired) electrons. The van der Waals surface area contributed by atoms with Crippen molar-refractivity contribution in [2.24, 2.45) is 0 Å². The summed E-state index contributed by atoms with van der Waals surface area (Å²) >= 11 is 5.51. The first-order valence-electron chi connectivity index (χ1n) is 7.31. The second kappa shape index (κ2) is 7.12. The summed E-state index contributed by atoms with van der Waals surface area (Å²) in [5, 5.41) is 6.63. The number of benzene rings is 2. The van der Waals surface area contributed by atoms with Crippen molar-refractivity contribution < 1.29 is 21.6 Å². The Bertz CT molecular complexity index is 1080. The summed E-state index contributed by atoms with van der Waals surface area (Å²) in [6.07, 6.45) is -3.47. The minimum Gasteiger partial charge on any atom is -0.246 e. The van der Waals surface area contributed by atoms with Crippen molar-refractivity contribution in [3.05, 3.63) is 65.3 Å². The fraction of sp³-hybridized carbons (Fsp3) is 0.0625. The maximum absolute atomic E-state index is 13.0. The quantitative estimate of drug-likeness (QED) is 0.697. The third-order valence-corrected chi connectivity index (χ3v) is 5.06. The van der Waals surface area contributed by atoms with Crippen molar-refractivity contribution in [1.29, 1.82) is 0 Å². The number of aromatic nitrogens is 3. The molecule has 0 saturated carbocycles. The number of sulfonamides is 1. The summed E-state index contributed by atoms with van der Waals surface area (Å²) in [5.74, 6) is -0.375. The van der Waals surface area contributed by atoms with E-state index >= 15 is 0 Å². The van der Waals surface area contributed by atoms with Crippen molar-refractivity contribution in [3.63, 3.8) is 0 Å². The molecule has 0 aliphatic carbocycles. The van der Waals surface area contributed by atoms with E-state index in [9.17, 15) is 21.6 Å². The maximum atomic E-state index is 13.0. The van der Waals surface area contributed by atoms with Crippen LogP contribution in [0.3, 0.4) is 0 Å². The van der Waals surface area contributed by atoms with E-state index in [1.54, 1.807) is 30.3 Å². The van der Waals surface area contributed by atoms with Gasteiger partial charge in [0.1, 0.15) is 0 Å². The van der Waals surface area contributed by atoms with Crippen molar-refractivity contribution in [2.75, 3.05) is 4.72 Å². The lowest BCUT2D eigenvalue weighted by atomic mass is 10.2. The predicted octanol–water partition coefficient (Wildman–Crippen LogP) is 4.01. The SMILES string of the molecule is O=S(=O)(Nc1nncc(-c2ccccc2)n1)c1ccc(Cl)c(C(F)(F)F)c1. The number of anilines is 1. The minimum atomic E-state index is -4.80. The van der Waals surface area contributed by atoms with Gasteiger partial charge < -0.3 is 0 Å². The van der Waals surface area contributed by atoms with Gasteiger partial charge in [0.25, 0.3) is 16.0 Å². The molecule has 0 spiro atoms. The van der Waals surface area contributed by atoms with Crippen LogP contribution in [0.25, 0.3) is 11.3 Å². The summed E-state index contributed by atoms with van der Waals surface area (Å²) in [7, 11) is -4.39. The molecule has 0 saturated heterocycles. The number of halogens is 4. The van der Waals surface area contributed by atoms with Crippen molar-refractivity contribution in [2.45, 2.75) is 11.1 Å². The summed E-state index contributed by atoms with van der Waals surface area (Å²) in [4.78, 5) is 3.40. The molecule has 0 amide bonds. The highest BCUT2D eigenvalue weighted by atomic mass is 35.5. The molecule has 0 atom stereocenters. The van der Waals surface area contributed by atoms with Crippen LogP contribution in [-0.4, -0.2) is 23.6 Å². The van der Waals surface area contributed by atoms with Crippen molar-refractivity contribution in [3.8, 4) is 11.3 Å². The zero-order valence-corrected chi connectivity index (χ0v) is 14.8. The van der Waals surface area contributed by atoms with Crippen LogP contribution in [0, 0.1) is 0 Å². The van der Waals surface area contributed by atoms with Gasteiger partial charge in [-0.15, -0.1) is 5.10 Å². The fourth-order valence-corrected chi connectivity index (χ4v) is 3.35. The van der Waals surface area contributed by atoms with Crippen LogP contribution >= 0.6 is 11.6 Å². The first-order chi connectivity index (χ1) is 12.7. The molecule has 11 heteroatoms. The van der Waals surface area contributed by atoms with E-state index in [0.29, 0.717) is 17.3 Å². The molecule has 3 rings (SSSR count). The van der Waals surface area contributed by atoms with Crippen molar-refractivity contribution in [1.82, 2.24) is 15.2 Å². The standard InChI is InChI=1S/C16H10ClF3N4O2S/c17-13-7-6-11(8-12(13)16(18,19)20)27(25,26)24-15-22-14(9-21-23-15)10-4-2-1-3-5-10/h1-9H,(H,22,23,24). The Hall–Kier alpha value is -2.72. The van der Waals surface area contributed by atoms with Crippen molar-refractivity contribution >= 4 is 27.6 Å². The Morgan fingerprint density at radius 2 is 1.74 bits per heavy atom. The molecule has 1 aromatic heterocycles. The maximum Gasteiger partial charge on any atom is 0.417 e. The minimum absolute atomic E-state index is 0.343. The molecule has 0 unspecified atom stereocenters. The Labute approximate surface area is 157 Å². The number of rotatable bonds is 4. The van der Waals surface area contributed by atoms with Gasteiger partial charge in [0.2, 0.25) is 0 Å². The molecule has 0 fully saturated rings. The van der Waals surface area contributed by atoms with Crippen LogP contribution in [0.15, 0.2) is 59.6 Å². The average molecular weight is 415 g/mol. The van der Waals surface area contributed by atoms with Crippen LogP contribution in [0.2, 0.25) is 5.02 Å². The summed E-state index contributed by atoms with van der Waals surface area (Å²) < 4.78 is 65.7. The van der Waals surface area contributed by atoms with E-state index in [1.165, 1.54) is 6.20 Å². The topological polar surface area (TPSA) is 84.8 Å². The fourth-order valence-electron chi connectivity index (χ4n) is 2.16. The van der Waals surface area contributed by atoms with Gasteiger partial charge in [-0.2, -0.15) is 18.3 Å². The molecule has 27 heavy (non-hydrogen) atoms. The number of nitrogens with one attached hydrogen (secondary N) is 1. The highest BCUT2D eigenvalue weighted by molar-refractivity contribution is 7.92. The number of nitrogens with zero attached hydrogens (tertiary/aromatic N) is 3. The Morgan fingerprint density at radius 3 is 2.41 bits per heavy atom. The van der Waals surface area contributed by atoms with Gasteiger partial charge in [-0.1, -0.05) is 41.9 Å². The lowest BCUT2D eigenvalue weighted by Gasteiger charge is -2.12. The van der Waals surface area contributed by atoms with Gasteiger partial charge in [-0.05, 0) is 18.2 Å². The molecular formula is C16H10ClF3N4O2S. The van der Waals surface area contributed by atoms with Gasteiger partial charge in [-0.25, -0.2) is 18.1 Å². The number of hydrogen-bond acceptors (Lipinski definition) is 5. The molecule has 1 heterocycles. The summed E-state index contributed by atoms with van der Waals surface area (Å²) in [6.45, 7) is 0. The van der Waals surface area contributed by atoms with Gasteiger partial charge >= 0.3 is 6.18 Å². The lowest BCUT2D eigenvalue weighted by Crippen LogP contribution is -2.17. The molecule has 6 nitrogen and oxygen atoms in total. The van der Waals surface area contributed by atoms with Crippen LogP contribution in [0.1, 0.15) is 5.56 Å². The molecule has 2 aromatic carbocycles. The molecule has 3 aromatic rings. The van der Waals surface area contributed by atoms with Gasteiger partial charge in [0.15, 0.2) is 0 Å². The number of hydrogen-bond donors (Lipinski definition) is 1. The summed E-state index contributed by atoms with van der Waals surface area (Å²) in [6, 6.07) is 11.0. The largest absolute Gasteiger partial charge is 0.417 e. The Kier molecular flexibility index (Phi) is 5.03. The van der Waals surface area contributed by atoms with E-state index in [2.05, 4.69) is 15.2 Å². The molecular weight excluding hydrogens is 405 g/mol. The Balaban J connectivity index is 1.94. The van der Waals surface area contributed by atoms with E-state index in [1.807, 2.05) is 4.72 Å². The third kappa shape index (κ3) is 4.34. The van der Waals surface area contributed by atoms with Crippen LogP contribution < -0.4 is 4.72 Å². The highest BCUT2D eigenvalue weighted by Crippen LogP contribution is 2.36.